The van der Waals surface area contributed by atoms with Crippen molar-refractivity contribution >= 4 is 0 Å². The highest BCUT2D eigenvalue weighted by molar-refractivity contribution is 5.49. The van der Waals surface area contributed by atoms with E-state index < -0.39 is 0 Å². The third-order valence-electron chi connectivity index (χ3n) is 4.86. The van der Waals surface area contributed by atoms with Gasteiger partial charge in [0.25, 0.3) is 0 Å². The van der Waals surface area contributed by atoms with Gasteiger partial charge in [-0.25, -0.2) is 0 Å². The summed E-state index contributed by atoms with van der Waals surface area (Å²) in [7, 11) is 0. The molecule has 2 N–H and O–H groups in total. The van der Waals surface area contributed by atoms with Crippen LogP contribution >= 0.6 is 0 Å². The predicted octanol–water partition coefficient (Wildman–Crippen LogP) is 3.18. The molecular formula is C21H36NO2+. The minimum atomic E-state index is -0.0684. The Labute approximate surface area is 148 Å². The molecule has 0 radical (unpaired) electrons. The normalized spacial score (nSPS) is 25.8. The fraction of sp³-hybridized carbons (Fsp3) is 0.714. The Bertz CT molecular complexity index is 535. The van der Waals surface area contributed by atoms with Gasteiger partial charge in [-0.05, 0) is 36.8 Å². The van der Waals surface area contributed by atoms with Gasteiger partial charge in [0, 0.05) is 16.7 Å². The van der Waals surface area contributed by atoms with Crippen LogP contribution in [0.3, 0.4) is 0 Å². The zero-order valence-corrected chi connectivity index (χ0v) is 16.8. The summed E-state index contributed by atoms with van der Waals surface area (Å²) in [6.45, 7) is 20.4. The second-order valence-electron chi connectivity index (χ2n) is 9.63. The summed E-state index contributed by atoms with van der Waals surface area (Å²) < 4.78 is 5.87. The largest absolute Gasteiger partial charge is 0.507 e. The molecule has 2 rings (SSSR count). The smallest absolute Gasteiger partial charge is 0.123 e. The van der Waals surface area contributed by atoms with Gasteiger partial charge in [-0.2, -0.15) is 0 Å². The molecule has 0 bridgehead atoms. The average molecular weight is 335 g/mol. The molecule has 1 saturated heterocycles. The molecule has 2 atom stereocenters. The number of nitrogens with one attached hydrogen (secondary N) is 1. The van der Waals surface area contributed by atoms with E-state index in [1.54, 1.807) is 4.90 Å². The van der Waals surface area contributed by atoms with E-state index in [0.29, 0.717) is 18.0 Å². The molecular weight excluding hydrogens is 298 g/mol. The summed E-state index contributed by atoms with van der Waals surface area (Å²) in [6.07, 6.45) is 0.620. The van der Waals surface area contributed by atoms with E-state index in [1.165, 1.54) is 5.56 Å². The van der Waals surface area contributed by atoms with Crippen molar-refractivity contribution in [2.75, 3.05) is 13.1 Å². The lowest BCUT2D eigenvalue weighted by Gasteiger charge is -2.33. The van der Waals surface area contributed by atoms with Crippen molar-refractivity contribution in [1.29, 1.82) is 0 Å². The molecule has 1 aromatic rings. The third kappa shape index (κ3) is 4.52. The van der Waals surface area contributed by atoms with Crippen molar-refractivity contribution in [2.24, 2.45) is 0 Å². The third-order valence-corrected chi connectivity index (χ3v) is 4.86. The lowest BCUT2D eigenvalue weighted by molar-refractivity contribution is -0.928. The van der Waals surface area contributed by atoms with Crippen LogP contribution in [0.25, 0.3) is 0 Å². The van der Waals surface area contributed by atoms with Gasteiger partial charge >= 0.3 is 0 Å². The van der Waals surface area contributed by atoms with Crippen molar-refractivity contribution in [2.45, 2.75) is 85.0 Å². The van der Waals surface area contributed by atoms with E-state index in [2.05, 4.69) is 67.5 Å². The molecule has 0 aromatic heterocycles. The minimum absolute atomic E-state index is 0.0684. The van der Waals surface area contributed by atoms with Crippen LogP contribution in [0.15, 0.2) is 12.1 Å². The highest BCUT2D eigenvalue weighted by Crippen LogP contribution is 2.39. The lowest BCUT2D eigenvalue weighted by Crippen LogP contribution is -3.14. The summed E-state index contributed by atoms with van der Waals surface area (Å²) >= 11 is 0. The Morgan fingerprint density at radius 1 is 0.958 bits per heavy atom. The monoisotopic (exact) mass is 334 g/mol. The number of benzene rings is 1. The number of hydrogen-bond donors (Lipinski definition) is 2. The van der Waals surface area contributed by atoms with E-state index >= 15 is 0 Å². The molecule has 3 heteroatoms. The van der Waals surface area contributed by atoms with Crippen LogP contribution in [0.1, 0.15) is 72.1 Å². The van der Waals surface area contributed by atoms with Crippen molar-refractivity contribution in [3.8, 4) is 5.75 Å². The van der Waals surface area contributed by atoms with Gasteiger partial charge < -0.3 is 14.7 Å². The number of aromatic hydroxyl groups is 1. The molecule has 24 heavy (non-hydrogen) atoms. The molecule has 1 aliphatic rings. The Kier molecular flexibility index (Phi) is 5.37. The predicted molar refractivity (Wildman–Crippen MR) is 99.9 cm³/mol. The first-order chi connectivity index (χ1) is 10.9. The number of ether oxygens (including phenoxy) is 1. The van der Waals surface area contributed by atoms with Gasteiger partial charge in [0.05, 0.1) is 0 Å². The van der Waals surface area contributed by atoms with Gasteiger partial charge in [-0.15, -0.1) is 0 Å². The highest BCUT2D eigenvalue weighted by Gasteiger charge is 2.29. The molecule has 0 saturated carbocycles. The number of phenols is 1. The topological polar surface area (TPSA) is 33.9 Å². The Morgan fingerprint density at radius 3 is 1.75 bits per heavy atom. The minimum Gasteiger partial charge on any atom is -0.507 e. The maximum Gasteiger partial charge on any atom is 0.123 e. The number of quaternary nitrogens is 1. The van der Waals surface area contributed by atoms with Crippen molar-refractivity contribution < 1.29 is 14.7 Å². The first kappa shape index (κ1) is 19.3. The standard InChI is InChI=1S/C21H35NO2/c1-14-11-22(12-15(2)24-14)13-16-9-17(20(3,4)5)19(23)18(10-16)21(6,7)8/h9-10,14-15,23H,11-13H2,1-8H3/p+1. The van der Waals surface area contributed by atoms with Gasteiger partial charge in [0.15, 0.2) is 0 Å². The van der Waals surface area contributed by atoms with Gasteiger partial charge in [0.1, 0.15) is 37.6 Å². The molecule has 0 spiro atoms. The zero-order valence-electron chi connectivity index (χ0n) is 16.8. The molecule has 1 heterocycles. The van der Waals surface area contributed by atoms with Crippen molar-refractivity contribution in [3.63, 3.8) is 0 Å². The van der Waals surface area contributed by atoms with E-state index in [9.17, 15) is 5.11 Å². The van der Waals surface area contributed by atoms with Crippen molar-refractivity contribution in [1.82, 2.24) is 0 Å². The highest BCUT2D eigenvalue weighted by atomic mass is 16.5. The number of phenolic OH excluding ortho intramolecular Hbond substituents is 1. The van der Waals surface area contributed by atoms with Gasteiger partial charge in [0.2, 0.25) is 0 Å². The molecule has 1 aromatic carbocycles. The second kappa shape index (κ2) is 6.68. The molecule has 1 aliphatic heterocycles. The van der Waals surface area contributed by atoms with Crippen LogP contribution in [-0.4, -0.2) is 30.4 Å². The Balaban J connectivity index is 2.39. The molecule has 2 unspecified atom stereocenters. The summed E-state index contributed by atoms with van der Waals surface area (Å²) in [4.78, 5) is 1.56. The molecule has 0 aliphatic carbocycles. The summed E-state index contributed by atoms with van der Waals surface area (Å²) in [6, 6.07) is 4.42. The summed E-state index contributed by atoms with van der Waals surface area (Å²) in [5, 5.41) is 10.8. The first-order valence-electron chi connectivity index (χ1n) is 9.24. The Hall–Kier alpha value is -1.06. The maximum atomic E-state index is 10.8. The van der Waals surface area contributed by atoms with Crippen LogP contribution in [0.2, 0.25) is 0 Å². The van der Waals surface area contributed by atoms with E-state index in [-0.39, 0.29) is 10.8 Å². The molecule has 3 nitrogen and oxygen atoms in total. The van der Waals surface area contributed by atoms with E-state index in [1.807, 2.05) is 0 Å². The fourth-order valence-corrected chi connectivity index (χ4v) is 3.76. The van der Waals surface area contributed by atoms with Crippen LogP contribution in [0, 0.1) is 0 Å². The maximum absolute atomic E-state index is 10.8. The van der Waals surface area contributed by atoms with Gasteiger partial charge in [-0.3, -0.25) is 0 Å². The lowest BCUT2D eigenvalue weighted by atomic mass is 9.78. The Morgan fingerprint density at radius 2 is 1.38 bits per heavy atom. The van der Waals surface area contributed by atoms with Crippen molar-refractivity contribution in [3.05, 3.63) is 28.8 Å². The van der Waals surface area contributed by atoms with E-state index in [4.69, 9.17) is 4.74 Å². The molecule has 1 fully saturated rings. The first-order valence-corrected chi connectivity index (χ1v) is 9.24. The summed E-state index contributed by atoms with van der Waals surface area (Å²) in [5.41, 5.74) is 3.29. The summed E-state index contributed by atoms with van der Waals surface area (Å²) in [5.74, 6) is 0.470. The number of hydrogen-bond acceptors (Lipinski definition) is 2. The SMILES string of the molecule is CC1C[NH+](Cc2cc(C(C)(C)C)c(O)c(C(C)(C)C)c2)CC(C)O1. The van der Waals surface area contributed by atoms with Crippen LogP contribution in [0.4, 0.5) is 0 Å². The zero-order chi connectivity index (χ0) is 18.3. The van der Waals surface area contributed by atoms with Crippen LogP contribution in [0.5, 0.6) is 5.75 Å². The van der Waals surface area contributed by atoms with E-state index in [0.717, 1.165) is 30.8 Å². The van der Waals surface area contributed by atoms with Crippen LogP contribution in [-0.2, 0) is 22.1 Å². The molecule has 0 amide bonds. The molecule has 136 valence electrons. The average Bonchev–Trinajstić information content (AvgIpc) is 2.36. The van der Waals surface area contributed by atoms with Crippen LogP contribution < -0.4 is 4.90 Å². The number of rotatable bonds is 2. The quantitative estimate of drug-likeness (QED) is 0.871. The number of morpholine rings is 1. The second-order valence-corrected chi connectivity index (χ2v) is 9.63. The fourth-order valence-electron chi connectivity index (χ4n) is 3.76. The van der Waals surface area contributed by atoms with Gasteiger partial charge in [-0.1, -0.05) is 41.5 Å².